The van der Waals surface area contributed by atoms with E-state index in [0.717, 1.165) is 34.5 Å². The van der Waals surface area contributed by atoms with Crippen LogP contribution in [-0.2, 0) is 9.59 Å². The second-order valence-corrected chi connectivity index (χ2v) is 8.97. The van der Waals surface area contributed by atoms with Crippen LogP contribution in [0.25, 0.3) is 11.0 Å². The van der Waals surface area contributed by atoms with Crippen molar-refractivity contribution in [1.29, 1.82) is 0 Å². The fourth-order valence-electron chi connectivity index (χ4n) is 4.32. The van der Waals surface area contributed by atoms with Crippen molar-refractivity contribution in [1.82, 2.24) is 14.5 Å². The van der Waals surface area contributed by atoms with E-state index in [2.05, 4.69) is 10.3 Å². The van der Waals surface area contributed by atoms with Crippen molar-refractivity contribution in [2.75, 3.05) is 18.4 Å². The van der Waals surface area contributed by atoms with E-state index >= 15 is 0 Å². The summed E-state index contributed by atoms with van der Waals surface area (Å²) >= 11 is 1.45. The molecule has 0 saturated carbocycles. The van der Waals surface area contributed by atoms with Crippen molar-refractivity contribution in [3.63, 3.8) is 0 Å². The smallest absolute Gasteiger partial charge is 0.326 e. The zero-order valence-corrected chi connectivity index (χ0v) is 17.2. The molecule has 0 spiro atoms. The summed E-state index contributed by atoms with van der Waals surface area (Å²) in [4.78, 5) is 43.4. The van der Waals surface area contributed by atoms with Gasteiger partial charge >= 0.3 is 5.69 Å². The van der Waals surface area contributed by atoms with E-state index in [-0.39, 0.29) is 30.0 Å². The maximum Gasteiger partial charge on any atom is 0.326 e. The van der Waals surface area contributed by atoms with E-state index in [1.165, 1.54) is 11.8 Å². The summed E-state index contributed by atoms with van der Waals surface area (Å²) in [5.41, 5.74) is 2.44. The molecule has 2 N–H and O–H groups in total. The summed E-state index contributed by atoms with van der Waals surface area (Å²) in [5, 5.41) is 2.48. The quantitative estimate of drug-likeness (QED) is 0.679. The average molecular weight is 423 g/mol. The number of nitrogens with zero attached hydrogens (tertiary/aromatic N) is 2. The molecule has 2 aliphatic heterocycles. The van der Waals surface area contributed by atoms with Crippen LogP contribution in [-0.4, -0.2) is 44.6 Å². The van der Waals surface area contributed by atoms with Crippen LogP contribution in [0.15, 0.2) is 58.2 Å². The molecule has 0 radical (unpaired) electrons. The minimum Gasteiger partial charge on any atom is -0.342 e. The van der Waals surface area contributed by atoms with Crippen LogP contribution in [0, 0.1) is 0 Å². The molecule has 154 valence electrons. The third-order valence-corrected chi connectivity index (χ3v) is 7.15. The van der Waals surface area contributed by atoms with Gasteiger partial charge in [-0.05, 0) is 37.1 Å². The summed E-state index contributed by atoms with van der Waals surface area (Å²) in [5.74, 6) is -0.126. The van der Waals surface area contributed by atoms with Crippen LogP contribution in [0.2, 0.25) is 0 Å². The van der Waals surface area contributed by atoms with E-state index < -0.39 is 5.25 Å². The molecular weight excluding hydrogens is 400 g/mol. The summed E-state index contributed by atoms with van der Waals surface area (Å²) in [6.45, 7) is 1.18. The van der Waals surface area contributed by atoms with Crippen LogP contribution in [0.3, 0.4) is 0 Å². The lowest BCUT2D eigenvalue weighted by atomic mass is 10.0. The van der Waals surface area contributed by atoms with Gasteiger partial charge in [-0.2, -0.15) is 0 Å². The first kappa shape index (κ1) is 19.0. The summed E-state index contributed by atoms with van der Waals surface area (Å²) < 4.78 is 1.82. The lowest BCUT2D eigenvalue weighted by molar-refractivity contribution is -0.133. The van der Waals surface area contributed by atoms with Gasteiger partial charge in [0, 0.05) is 30.4 Å². The Hall–Kier alpha value is -3.00. The molecule has 2 aromatic carbocycles. The van der Waals surface area contributed by atoms with E-state index in [4.69, 9.17) is 0 Å². The molecule has 5 rings (SSSR count). The molecule has 0 aliphatic carbocycles. The number of thioether (sulfide) groups is 1. The molecule has 8 heteroatoms. The molecule has 30 heavy (non-hydrogen) atoms. The maximum atomic E-state index is 12.9. The number of anilines is 1. The lowest BCUT2D eigenvalue weighted by Gasteiger charge is -2.33. The average Bonchev–Trinajstić information content (AvgIpc) is 3.10. The number of aromatic amines is 1. The fourth-order valence-corrected chi connectivity index (χ4v) is 5.43. The number of imidazole rings is 1. The second kappa shape index (κ2) is 7.68. The van der Waals surface area contributed by atoms with Gasteiger partial charge in [0.2, 0.25) is 11.8 Å². The molecule has 1 fully saturated rings. The highest BCUT2D eigenvalue weighted by molar-refractivity contribution is 8.01. The molecule has 1 unspecified atom stereocenters. The highest BCUT2D eigenvalue weighted by atomic mass is 32.2. The maximum absolute atomic E-state index is 12.9. The predicted molar refractivity (Wildman–Crippen MR) is 117 cm³/mol. The number of piperidine rings is 1. The Kier molecular flexibility index (Phi) is 4.86. The Balaban J connectivity index is 1.24. The summed E-state index contributed by atoms with van der Waals surface area (Å²) in [6, 6.07) is 15.4. The largest absolute Gasteiger partial charge is 0.342 e. The van der Waals surface area contributed by atoms with Crippen molar-refractivity contribution in [3.8, 4) is 0 Å². The molecule has 2 aliphatic rings. The van der Waals surface area contributed by atoms with Gasteiger partial charge in [-0.1, -0.05) is 24.3 Å². The zero-order chi connectivity index (χ0) is 20.7. The number of hydrogen-bond donors (Lipinski definition) is 2. The highest BCUT2D eigenvalue weighted by Crippen LogP contribution is 2.37. The van der Waals surface area contributed by atoms with Gasteiger partial charge in [0.1, 0.15) is 0 Å². The monoisotopic (exact) mass is 422 g/mol. The Morgan fingerprint density at radius 1 is 1.03 bits per heavy atom. The van der Waals surface area contributed by atoms with E-state index in [0.29, 0.717) is 13.1 Å². The number of likely N-dealkylation sites (tertiary alicyclic amines) is 1. The lowest BCUT2D eigenvalue weighted by Crippen LogP contribution is -2.42. The number of hydrogen-bond acceptors (Lipinski definition) is 4. The molecule has 1 atom stereocenters. The third kappa shape index (κ3) is 3.41. The van der Waals surface area contributed by atoms with Gasteiger partial charge in [0.05, 0.1) is 22.0 Å². The van der Waals surface area contributed by atoms with Crippen LogP contribution in [0.5, 0.6) is 0 Å². The van der Waals surface area contributed by atoms with Crippen molar-refractivity contribution in [2.45, 2.75) is 35.4 Å². The minimum atomic E-state index is -0.415. The van der Waals surface area contributed by atoms with Crippen LogP contribution in [0.4, 0.5) is 5.69 Å². The third-order valence-electron chi connectivity index (χ3n) is 5.87. The number of carbonyl (C=O) groups excluding carboxylic acids is 2. The number of H-pyrrole nitrogens is 1. The van der Waals surface area contributed by atoms with Gasteiger partial charge < -0.3 is 15.2 Å². The highest BCUT2D eigenvalue weighted by Gasteiger charge is 2.32. The number of para-hydroxylation sites is 3. The van der Waals surface area contributed by atoms with Gasteiger partial charge in [-0.15, -0.1) is 11.8 Å². The first-order valence-corrected chi connectivity index (χ1v) is 11.0. The van der Waals surface area contributed by atoms with E-state index in [1.54, 1.807) is 0 Å². The first-order chi connectivity index (χ1) is 14.6. The standard InChI is InChI=1S/C22H22N4O3S/c27-20(13-19-21(28)23-16-6-2-4-8-18(16)30-19)25-11-9-14(10-12-25)26-17-7-3-1-5-15(17)24-22(26)29/h1-8,14,19H,9-13H2,(H,23,28)(H,24,29). The Morgan fingerprint density at radius 3 is 2.60 bits per heavy atom. The molecule has 1 saturated heterocycles. The SMILES string of the molecule is O=C1Nc2ccccc2SC1CC(=O)N1CCC(n2c(=O)[nH]c3ccccc32)CC1. The van der Waals surface area contributed by atoms with E-state index in [9.17, 15) is 14.4 Å². The molecule has 0 bridgehead atoms. The number of amides is 2. The second-order valence-electron chi connectivity index (χ2n) is 7.73. The van der Waals surface area contributed by atoms with Crippen LogP contribution in [0.1, 0.15) is 25.3 Å². The summed E-state index contributed by atoms with van der Waals surface area (Å²) in [7, 11) is 0. The zero-order valence-electron chi connectivity index (χ0n) is 16.3. The molecular formula is C22H22N4O3S. The molecule has 3 heterocycles. The molecule has 1 aromatic heterocycles. The first-order valence-electron chi connectivity index (χ1n) is 10.1. The number of fused-ring (bicyclic) bond motifs is 2. The Labute approximate surface area is 177 Å². The Morgan fingerprint density at radius 2 is 1.77 bits per heavy atom. The number of carbonyl (C=O) groups is 2. The number of rotatable bonds is 3. The molecule has 3 aromatic rings. The van der Waals surface area contributed by atoms with Crippen molar-refractivity contribution in [3.05, 3.63) is 59.0 Å². The fraction of sp³-hybridized carbons (Fsp3) is 0.318. The van der Waals surface area contributed by atoms with Crippen molar-refractivity contribution in [2.24, 2.45) is 0 Å². The normalized spacial score (nSPS) is 19.5. The van der Waals surface area contributed by atoms with Gasteiger partial charge in [-0.3, -0.25) is 14.2 Å². The van der Waals surface area contributed by atoms with Gasteiger partial charge in [-0.25, -0.2) is 4.79 Å². The molecule has 7 nitrogen and oxygen atoms in total. The van der Waals surface area contributed by atoms with E-state index in [1.807, 2.05) is 58.0 Å². The number of nitrogens with one attached hydrogen (secondary N) is 2. The van der Waals surface area contributed by atoms with Crippen molar-refractivity contribution < 1.29 is 9.59 Å². The van der Waals surface area contributed by atoms with Crippen LogP contribution < -0.4 is 11.0 Å². The van der Waals surface area contributed by atoms with Gasteiger partial charge in [0.15, 0.2) is 0 Å². The van der Waals surface area contributed by atoms with Crippen LogP contribution >= 0.6 is 11.8 Å². The van der Waals surface area contributed by atoms with Gasteiger partial charge in [0.25, 0.3) is 0 Å². The summed E-state index contributed by atoms with van der Waals surface area (Å²) in [6.07, 6.45) is 1.63. The predicted octanol–water partition coefficient (Wildman–Crippen LogP) is 3.00. The number of aromatic nitrogens is 2. The number of benzene rings is 2. The molecule has 2 amide bonds. The van der Waals surface area contributed by atoms with Crippen molar-refractivity contribution >= 4 is 40.3 Å². The minimum absolute atomic E-state index is 0.00763. The Bertz CT molecular complexity index is 1180. The topological polar surface area (TPSA) is 87.2 Å².